The second-order valence-corrected chi connectivity index (χ2v) is 6.12. The van der Waals surface area contributed by atoms with E-state index in [1.165, 1.54) is 16.4 Å². The molecule has 6 heteroatoms. The molecule has 108 valence electrons. The summed E-state index contributed by atoms with van der Waals surface area (Å²) >= 11 is 1.71. The van der Waals surface area contributed by atoms with E-state index in [2.05, 4.69) is 26.5 Å². The van der Waals surface area contributed by atoms with Crippen molar-refractivity contribution in [1.82, 2.24) is 19.4 Å². The van der Waals surface area contributed by atoms with Crippen molar-refractivity contribution in [3.63, 3.8) is 0 Å². The van der Waals surface area contributed by atoms with Crippen LogP contribution in [-0.2, 0) is 24.9 Å². The molecule has 3 heterocycles. The highest BCUT2D eigenvalue weighted by Gasteiger charge is 2.29. The molecule has 20 heavy (non-hydrogen) atoms. The molecule has 0 N–H and O–H groups in total. The maximum Gasteiger partial charge on any atom is 0.107 e. The van der Waals surface area contributed by atoms with Crippen molar-refractivity contribution < 1.29 is 4.74 Å². The standard InChI is InChI=1S/C14H20N4OS/c1-3-19-9-11-6-18(8-13-15-4-5-20-13)7-12-14(11)17(2)10-16-12/h4-5,10-11H,3,6-9H2,1-2H3/t11-/m1/s1. The third-order valence-electron chi connectivity index (χ3n) is 3.67. The Hall–Kier alpha value is -1.24. The molecule has 0 aliphatic carbocycles. The fourth-order valence-electron chi connectivity index (χ4n) is 2.84. The first kappa shape index (κ1) is 13.7. The van der Waals surface area contributed by atoms with E-state index in [1.54, 1.807) is 11.3 Å². The van der Waals surface area contributed by atoms with Crippen LogP contribution >= 0.6 is 11.3 Å². The minimum absolute atomic E-state index is 0.395. The molecule has 3 rings (SSSR count). The lowest BCUT2D eigenvalue weighted by Crippen LogP contribution is -2.36. The number of hydrogen-bond donors (Lipinski definition) is 0. The molecule has 0 bridgehead atoms. The molecular formula is C14H20N4OS. The fraction of sp³-hybridized carbons (Fsp3) is 0.571. The van der Waals surface area contributed by atoms with E-state index in [0.29, 0.717) is 5.92 Å². The molecule has 0 amide bonds. The first-order valence-corrected chi connectivity index (χ1v) is 7.84. The Balaban J connectivity index is 1.77. The summed E-state index contributed by atoms with van der Waals surface area (Å²) in [6, 6.07) is 0. The summed E-state index contributed by atoms with van der Waals surface area (Å²) in [5, 5.41) is 3.20. The third-order valence-corrected chi connectivity index (χ3v) is 4.43. The maximum atomic E-state index is 5.66. The summed E-state index contributed by atoms with van der Waals surface area (Å²) in [5.74, 6) is 0.395. The van der Waals surface area contributed by atoms with E-state index in [0.717, 1.165) is 32.8 Å². The van der Waals surface area contributed by atoms with Crippen LogP contribution in [0.5, 0.6) is 0 Å². The zero-order chi connectivity index (χ0) is 13.9. The number of hydrogen-bond acceptors (Lipinski definition) is 5. The SMILES string of the molecule is CCOC[C@H]1CN(Cc2nccs2)Cc2ncn(C)c21. The molecule has 0 aromatic carbocycles. The third kappa shape index (κ3) is 2.77. The molecule has 1 atom stereocenters. The van der Waals surface area contributed by atoms with Gasteiger partial charge in [-0.2, -0.15) is 0 Å². The predicted molar refractivity (Wildman–Crippen MR) is 78.7 cm³/mol. The highest BCUT2D eigenvalue weighted by atomic mass is 32.1. The monoisotopic (exact) mass is 292 g/mol. The Morgan fingerprint density at radius 3 is 3.10 bits per heavy atom. The van der Waals surface area contributed by atoms with E-state index in [9.17, 15) is 0 Å². The zero-order valence-electron chi connectivity index (χ0n) is 12.0. The largest absolute Gasteiger partial charge is 0.381 e. The van der Waals surface area contributed by atoms with E-state index in [1.807, 2.05) is 24.8 Å². The number of fused-ring (bicyclic) bond motifs is 1. The second-order valence-electron chi connectivity index (χ2n) is 5.14. The van der Waals surface area contributed by atoms with Gasteiger partial charge in [0.2, 0.25) is 0 Å². The molecule has 0 spiro atoms. The summed E-state index contributed by atoms with van der Waals surface area (Å²) < 4.78 is 7.80. The first-order chi connectivity index (χ1) is 9.78. The van der Waals surface area contributed by atoms with Crippen molar-refractivity contribution >= 4 is 11.3 Å². The van der Waals surface area contributed by atoms with Crippen LogP contribution in [0.25, 0.3) is 0 Å². The lowest BCUT2D eigenvalue weighted by Gasteiger charge is -2.32. The first-order valence-electron chi connectivity index (χ1n) is 6.96. The molecule has 1 aliphatic rings. The van der Waals surface area contributed by atoms with Gasteiger partial charge in [-0.1, -0.05) is 0 Å². The van der Waals surface area contributed by atoms with Crippen molar-refractivity contribution in [1.29, 1.82) is 0 Å². The van der Waals surface area contributed by atoms with Gasteiger partial charge in [-0.05, 0) is 6.92 Å². The zero-order valence-corrected chi connectivity index (χ0v) is 12.8. The van der Waals surface area contributed by atoms with Crippen molar-refractivity contribution in [2.45, 2.75) is 25.9 Å². The Labute approximate surface area is 123 Å². The number of nitrogens with zero attached hydrogens (tertiary/aromatic N) is 4. The van der Waals surface area contributed by atoms with Crippen molar-refractivity contribution in [3.05, 3.63) is 34.3 Å². The van der Waals surface area contributed by atoms with Gasteiger partial charge in [0, 0.05) is 49.9 Å². The normalized spacial score (nSPS) is 19.2. The number of imidazole rings is 1. The van der Waals surface area contributed by atoms with Crippen LogP contribution in [0, 0.1) is 0 Å². The van der Waals surface area contributed by atoms with E-state index in [-0.39, 0.29) is 0 Å². The van der Waals surface area contributed by atoms with Crippen LogP contribution in [0.1, 0.15) is 29.2 Å². The van der Waals surface area contributed by atoms with E-state index in [4.69, 9.17) is 4.74 Å². The Kier molecular flexibility index (Phi) is 4.14. The molecule has 0 saturated heterocycles. The van der Waals surface area contributed by atoms with Crippen molar-refractivity contribution in [3.8, 4) is 0 Å². The van der Waals surface area contributed by atoms with Crippen LogP contribution in [0.15, 0.2) is 17.9 Å². The Bertz CT molecular complexity index is 552. The minimum atomic E-state index is 0.395. The number of thiazole rings is 1. The molecular weight excluding hydrogens is 272 g/mol. The fourth-order valence-corrected chi connectivity index (χ4v) is 3.50. The van der Waals surface area contributed by atoms with E-state index < -0.39 is 0 Å². The van der Waals surface area contributed by atoms with Gasteiger partial charge in [0.1, 0.15) is 5.01 Å². The number of ether oxygens (including phenoxy) is 1. The molecule has 0 saturated carbocycles. The molecule has 2 aromatic rings. The lowest BCUT2D eigenvalue weighted by molar-refractivity contribution is 0.102. The van der Waals surface area contributed by atoms with Crippen LogP contribution < -0.4 is 0 Å². The highest BCUT2D eigenvalue weighted by molar-refractivity contribution is 7.09. The summed E-state index contributed by atoms with van der Waals surface area (Å²) in [6.45, 7) is 6.37. The van der Waals surface area contributed by atoms with E-state index >= 15 is 0 Å². The van der Waals surface area contributed by atoms with Gasteiger partial charge in [0.15, 0.2) is 0 Å². The topological polar surface area (TPSA) is 43.2 Å². The number of rotatable bonds is 5. The van der Waals surface area contributed by atoms with Crippen LogP contribution in [0.4, 0.5) is 0 Å². The summed E-state index contributed by atoms with van der Waals surface area (Å²) in [6.07, 6.45) is 3.78. The van der Waals surface area contributed by atoms with Crippen LogP contribution in [0.2, 0.25) is 0 Å². The Morgan fingerprint density at radius 1 is 1.45 bits per heavy atom. The number of aryl methyl sites for hydroxylation is 1. The second kappa shape index (κ2) is 6.03. The predicted octanol–water partition coefficient (Wildman–Crippen LogP) is 2.01. The van der Waals surface area contributed by atoms with Gasteiger partial charge >= 0.3 is 0 Å². The van der Waals surface area contributed by atoms with Crippen LogP contribution in [0.3, 0.4) is 0 Å². The van der Waals surface area contributed by atoms with Gasteiger partial charge in [0.05, 0.1) is 25.2 Å². The Morgan fingerprint density at radius 2 is 2.35 bits per heavy atom. The summed E-state index contributed by atoms with van der Waals surface area (Å²) in [5.41, 5.74) is 2.51. The lowest BCUT2D eigenvalue weighted by atomic mass is 9.99. The highest BCUT2D eigenvalue weighted by Crippen LogP contribution is 2.28. The molecule has 0 fully saturated rings. The quantitative estimate of drug-likeness (QED) is 0.845. The average Bonchev–Trinajstić information content (AvgIpc) is 3.07. The van der Waals surface area contributed by atoms with Gasteiger partial charge < -0.3 is 9.30 Å². The molecule has 5 nitrogen and oxygen atoms in total. The van der Waals surface area contributed by atoms with Crippen molar-refractivity contribution in [2.75, 3.05) is 19.8 Å². The van der Waals surface area contributed by atoms with Gasteiger partial charge in [-0.25, -0.2) is 9.97 Å². The summed E-state index contributed by atoms with van der Waals surface area (Å²) in [4.78, 5) is 11.3. The minimum Gasteiger partial charge on any atom is -0.381 e. The van der Waals surface area contributed by atoms with Gasteiger partial charge in [-0.3, -0.25) is 4.90 Å². The van der Waals surface area contributed by atoms with Crippen LogP contribution in [-0.4, -0.2) is 39.2 Å². The van der Waals surface area contributed by atoms with Gasteiger partial charge in [0.25, 0.3) is 0 Å². The molecule has 0 unspecified atom stereocenters. The molecule has 0 radical (unpaired) electrons. The average molecular weight is 292 g/mol. The van der Waals surface area contributed by atoms with Crippen molar-refractivity contribution in [2.24, 2.45) is 7.05 Å². The smallest absolute Gasteiger partial charge is 0.107 e. The molecule has 2 aromatic heterocycles. The molecule has 1 aliphatic heterocycles. The number of aromatic nitrogens is 3. The maximum absolute atomic E-state index is 5.66. The summed E-state index contributed by atoms with van der Waals surface area (Å²) in [7, 11) is 2.07. The van der Waals surface area contributed by atoms with Gasteiger partial charge in [-0.15, -0.1) is 11.3 Å².